The summed E-state index contributed by atoms with van der Waals surface area (Å²) in [5, 5.41) is 1.27. The molecule has 0 saturated carbocycles. The Morgan fingerprint density at radius 3 is 2.88 bits per heavy atom. The predicted octanol–water partition coefficient (Wildman–Crippen LogP) is 1.99. The highest BCUT2D eigenvalue weighted by molar-refractivity contribution is 5.84. The highest BCUT2D eigenvalue weighted by Gasteiger charge is 2.05. The summed E-state index contributed by atoms with van der Waals surface area (Å²) in [6.07, 6.45) is 4.32. The predicted molar refractivity (Wildman–Crippen MR) is 65.1 cm³/mol. The fourth-order valence-corrected chi connectivity index (χ4v) is 2.08. The summed E-state index contributed by atoms with van der Waals surface area (Å²) in [5.41, 5.74) is 7.65. The van der Waals surface area contributed by atoms with Crippen molar-refractivity contribution >= 4 is 16.8 Å². The van der Waals surface area contributed by atoms with Gasteiger partial charge in [0.1, 0.15) is 0 Å². The first kappa shape index (κ1) is 10.7. The lowest BCUT2D eigenvalue weighted by molar-refractivity contribution is -0.118. The molecule has 0 atom stereocenters. The Morgan fingerprint density at radius 1 is 1.38 bits per heavy atom. The van der Waals surface area contributed by atoms with Crippen LogP contribution in [0.25, 0.3) is 10.9 Å². The monoisotopic (exact) mass is 216 g/mol. The molecule has 0 aliphatic carbocycles. The van der Waals surface area contributed by atoms with Gasteiger partial charge in [-0.1, -0.05) is 18.2 Å². The maximum absolute atomic E-state index is 10.7. The molecule has 0 spiro atoms. The van der Waals surface area contributed by atoms with Crippen molar-refractivity contribution in [3.8, 4) is 0 Å². The van der Waals surface area contributed by atoms with Gasteiger partial charge in [-0.05, 0) is 24.5 Å². The van der Waals surface area contributed by atoms with E-state index in [0.717, 1.165) is 12.8 Å². The van der Waals surface area contributed by atoms with Gasteiger partial charge < -0.3 is 10.3 Å². The molecule has 2 aromatic rings. The molecule has 0 fully saturated rings. The molecule has 1 aromatic carbocycles. The Balaban J connectivity index is 2.21. The molecule has 3 nitrogen and oxygen atoms in total. The number of aryl methyl sites for hydroxylation is 2. The Bertz CT molecular complexity index is 514. The van der Waals surface area contributed by atoms with Crippen molar-refractivity contribution in [2.45, 2.75) is 19.3 Å². The number of carbonyl (C=O) groups excluding carboxylic acids is 1. The molecule has 1 aromatic heterocycles. The summed E-state index contributed by atoms with van der Waals surface area (Å²) in [6, 6.07) is 8.30. The number of primary amides is 1. The number of fused-ring (bicyclic) bond motifs is 1. The molecule has 3 heteroatoms. The van der Waals surface area contributed by atoms with Crippen LogP contribution in [0.3, 0.4) is 0 Å². The number of nitrogens with zero attached hydrogens (tertiary/aromatic N) is 1. The number of nitrogens with two attached hydrogens (primary N) is 1. The molecule has 0 saturated heterocycles. The van der Waals surface area contributed by atoms with Crippen molar-refractivity contribution in [1.29, 1.82) is 0 Å². The zero-order valence-corrected chi connectivity index (χ0v) is 9.44. The van der Waals surface area contributed by atoms with E-state index in [-0.39, 0.29) is 5.91 Å². The Morgan fingerprint density at radius 2 is 2.12 bits per heavy atom. The van der Waals surface area contributed by atoms with Crippen molar-refractivity contribution in [3.05, 3.63) is 36.0 Å². The van der Waals surface area contributed by atoms with Crippen LogP contribution in [-0.2, 0) is 18.3 Å². The van der Waals surface area contributed by atoms with Crippen LogP contribution in [0.15, 0.2) is 30.5 Å². The molecule has 1 heterocycles. The molecule has 0 aliphatic rings. The van der Waals surface area contributed by atoms with E-state index < -0.39 is 0 Å². The lowest BCUT2D eigenvalue weighted by atomic mass is 10.1. The first-order valence-electron chi connectivity index (χ1n) is 5.49. The maximum atomic E-state index is 10.7. The van der Waals surface area contributed by atoms with Crippen LogP contribution in [-0.4, -0.2) is 10.5 Å². The molecule has 1 amide bonds. The minimum absolute atomic E-state index is 0.222. The summed E-state index contributed by atoms with van der Waals surface area (Å²) < 4.78 is 2.12. The molecule has 16 heavy (non-hydrogen) atoms. The highest BCUT2D eigenvalue weighted by Crippen LogP contribution is 2.21. The Hall–Kier alpha value is -1.77. The van der Waals surface area contributed by atoms with E-state index in [1.807, 2.05) is 19.2 Å². The smallest absolute Gasteiger partial charge is 0.217 e. The summed E-state index contributed by atoms with van der Waals surface area (Å²) in [4.78, 5) is 10.7. The quantitative estimate of drug-likeness (QED) is 0.834. The van der Waals surface area contributed by atoms with Crippen molar-refractivity contribution in [1.82, 2.24) is 4.57 Å². The van der Waals surface area contributed by atoms with Crippen LogP contribution in [0.1, 0.15) is 18.4 Å². The number of hydrogen-bond donors (Lipinski definition) is 1. The SMILES string of the molecule is Cn1cc(CCCC(N)=O)c2ccccc21. The second-order valence-electron chi connectivity index (χ2n) is 4.10. The topological polar surface area (TPSA) is 48.0 Å². The maximum Gasteiger partial charge on any atom is 0.217 e. The number of para-hydroxylation sites is 1. The van der Waals surface area contributed by atoms with Gasteiger partial charge in [0.25, 0.3) is 0 Å². The third-order valence-electron chi connectivity index (χ3n) is 2.85. The minimum atomic E-state index is -0.222. The van der Waals surface area contributed by atoms with Crippen molar-refractivity contribution < 1.29 is 4.79 Å². The van der Waals surface area contributed by atoms with Crippen LogP contribution >= 0.6 is 0 Å². The van der Waals surface area contributed by atoms with Gasteiger partial charge in [-0.25, -0.2) is 0 Å². The van der Waals surface area contributed by atoms with E-state index >= 15 is 0 Å². The third-order valence-corrected chi connectivity index (χ3v) is 2.85. The summed E-state index contributed by atoms with van der Waals surface area (Å²) in [5.74, 6) is -0.222. The first-order chi connectivity index (χ1) is 7.68. The van der Waals surface area contributed by atoms with Crippen molar-refractivity contribution in [3.63, 3.8) is 0 Å². The Labute approximate surface area is 94.9 Å². The van der Waals surface area contributed by atoms with Gasteiger partial charge in [-0.3, -0.25) is 4.79 Å². The molecule has 0 radical (unpaired) electrons. The van der Waals surface area contributed by atoms with Gasteiger partial charge in [0.15, 0.2) is 0 Å². The number of amides is 1. The van der Waals surface area contributed by atoms with Crippen LogP contribution in [0.5, 0.6) is 0 Å². The molecule has 2 N–H and O–H groups in total. The van der Waals surface area contributed by atoms with Gasteiger partial charge in [0, 0.05) is 30.6 Å². The van der Waals surface area contributed by atoms with Gasteiger partial charge in [-0.2, -0.15) is 0 Å². The molecule has 84 valence electrons. The number of aromatic nitrogens is 1. The molecule has 0 unspecified atom stereocenters. The molecule has 0 bridgehead atoms. The second kappa shape index (κ2) is 4.39. The summed E-state index contributed by atoms with van der Waals surface area (Å²) >= 11 is 0. The average Bonchev–Trinajstić information content (AvgIpc) is 2.57. The number of hydrogen-bond acceptors (Lipinski definition) is 1. The number of benzene rings is 1. The van der Waals surface area contributed by atoms with Gasteiger partial charge >= 0.3 is 0 Å². The van der Waals surface area contributed by atoms with E-state index in [1.54, 1.807) is 0 Å². The first-order valence-corrected chi connectivity index (χ1v) is 5.49. The Kier molecular flexibility index (Phi) is 2.95. The summed E-state index contributed by atoms with van der Waals surface area (Å²) in [7, 11) is 2.04. The minimum Gasteiger partial charge on any atom is -0.370 e. The van der Waals surface area contributed by atoms with E-state index in [9.17, 15) is 4.79 Å². The lowest BCUT2D eigenvalue weighted by Gasteiger charge is -1.97. The van der Waals surface area contributed by atoms with E-state index in [2.05, 4.69) is 22.9 Å². The zero-order valence-electron chi connectivity index (χ0n) is 9.44. The number of carbonyl (C=O) groups is 1. The molecule has 0 aliphatic heterocycles. The van der Waals surface area contributed by atoms with E-state index in [0.29, 0.717) is 6.42 Å². The second-order valence-corrected chi connectivity index (χ2v) is 4.10. The van der Waals surface area contributed by atoms with Gasteiger partial charge in [0.2, 0.25) is 5.91 Å². The molecular weight excluding hydrogens is 200 g/mol. The lowest BCUT2D eigenvalue weighted by Crippen LogP contribution is -2.10. The summed E-state index contributed by atoms with van der Waals surface area (Å²) in [6.45, 7) is 0. The normalized spacial score (nSPS) is 10.8. The largest absolute Gasteiger partial charge is 0.370 e. The molecular formula is C13H16N2O. The van der Waals surface area contributed by atoms with Crippen LogP contribution in [0.4, 0.5) is 0 Å². The van der Waals surface area contributed by atoms with Gasteiger partial charge in [0.05, 0.1) is 0 Å². The average molecular weight is 216 g/mol. The standard InChI is InChI=1S/C13H16N2O/c1-15-9-10(5-4-8-13(14)16)11-6-2-3-7-12(11)15/h2-3,6-7,9H,4-5,8H2,1H3,(H2,14,16). The van der Waals surface area contributed by atoms with Crippen LogP contribution < -0.4 is 5.73 Å². The third kappa shape index (κ3) is 2.08. The van der Waals surface area contributed by atoms with Crippen LogP contribution in [0.2, 0.25) is 0 Å². The van der Waals surface area contributed by atoms with Gasteiger partial charge in [-0.15, -0.1) is 0 Å². The fraction of sp³-hybridized carbons (Fsp3) is 0.308. The van der Waals surface area contributed by atoms with Crippen molar-refractivity contribution in [2.24, 2.45) is 12.8 Å². The zero-order chi connectivity index (χ0) is 11.5. The fourth-order valence-electron chi connectivity index (χ4n) is 2.08. The van der Waals surface area contributed by atoms with E-state index in [4.69, 9.17) is 5.73 Å². The molecule has 2 rings (SSSR count). The van der Waals surface area contributed by atoms with Crippen LogP contribution in [0, 0.1) is 0 Å². The van der Waals surface area contributed by atoms with E-state index in [1.165, 1.54) is 16.5 Å². The highest BCUT2D eigenvalue weighted by atomic mass is 16.1. The number of rotatable bonds is 4. The van der Waals surface area contributed by atoms with Crippen molar-refractivity contribution in [2.75, 3.05) is 0 Å².